The summed E-state index contributed by atoms with van der Waals surface area (Å²) in [4.78, 5) is 12.0. The third kappa shape index (κ3) is 7.81. The summed E-state index contributed by atoms with van der Waals surface area (Å²) in [6.07, 6.45) is -1.85. The maximum Gasteiger partial charge on any atom is 0.409 e. The summed E-state index contributed by atoms with van der Waals surface area (Å²) in [5, 5.41) is 8.38. The Balaban J connectivity index is 1.92. The number of aryl methyl sites for hydroxylation is 1. The number of carbonyl (C=O) groups is 1. The van der Waals surface area contributed by atoms with E-state index in [2.05, 4.69) is 16.0 Å². The number of alkyl halides is 3. The highest BCUT2D eigenvalue weighted by molar-refractivity contribution is 7.80. The van der Waals surface area contributed by atoms with Crippen LogP contribution in [-0.2, 0) is 11.3 Å². The van der Waals surface area contributed by atoms with E-state index in [1.807, 2.05) is 61.5 Å². The molecule has 2 aromatic carbocycles. The smallest absolute Gasteiger partial charge is 0.409 e. The first-order valence-corrected chi connectivity index (χ1v) is 9.46. The van der Waals surface area contributed by atoms with Gasteiger partial charge in [0, 0.05) is 5.69 Å². The molecule has 0 radical (unpaired) electrons. The minimum atomic E-state index is -1.86. The van der Waals surface area contributed by atoms with Crippen molar-refractivity contribution >= 4 is 63.9 Å². The lowest BCUT2D eigenvalue weighted by molar-refractivity contribution is 0.135. The summed E-state index contributed by atoms with van der Waals surface area (Å²) in [7, 11) is 0. The van der Waals surface area contributed by atoms with Crippen LogP contribution in [0.1, 0.15) is 11.1 Å². The van der Waals surface area contributed by atoms with Crippen molar-refractivity contribution in [2.75, 3.05) is 5.32 Å². The second-order valence-corrected chi connectivity index (χ2v) is 8.43. The third-order valence-electron chi connectivity index (χ3n) is 3.35. The number of benzene rings is 2. The van der Waals surface area contributed by atoms with Gasteiger partial charge in [0.15, 0.2) is 11.3 Å². The van der Waals surface area contributed by atoms with Gasteiger partial charge in [0.25, 0.3) is 0 Å². The van der Waals surface area contributed by atoms with Gasteiger partial charge in [-0.15, -0.1) is 0 Å². The number of hydrogen-bond donors (Lipinski definition) is 3. The SMILES string of the molecule is Cc1cccc(NC(=S)N[C@H](NC(=O)OCc2ccccc2)C(Cl)(Cl)Cl)c1. The third-order valence-corrected chi connectivity index (χ3v) is 4.23. The van der Waals surface area contributed by atoms with Crippen LogP contribution in [0.5, 0.6) is 0 Å². The van der Waals surface area contributed by atoms with E-state index in [0.717, 1.165) is 16.8 Å². The van der Waals surface area contributed by atoms with E-state index in [-0.39, 0.29) is 11.7 Å². The molecule has 0 spiro atoms. The number of hydrogen-bond acceptors (Lipinski definition) is 3. The molecule has 0 saturated carbocycles. The van der Waals surface area contributed by atoms with Crippen molar-refractivity contribution in [3.8, 4) is 0 Å². The minimum Gasteiger partial charge on any atom is -0.445 e. The Morgan fingerprint density at radius 1 is 1.11 bits per heavy atom. The maximum absolute atomic E-state index is 12.0. The molecule has 9 heteroatoms. The minimum absolute atomic E-state index is 0.0885. The predicted molar refractivity (Wildman–Crippen MR) is 114 cm³/mol. The molecule has 0 aliphatic rings. The van der Waals surface area contributed by atoms with Crippen LogP contribution in [0.25, 0.3) is 0 Å². The zero-order chi connectivity index (χ0) is 19.9. The normalized spacial score (nSPS) is 12.0. The van der Waals surface area contributed by atoms with Crippen molar-refractivity contribution in [1.29, 1.82) is 0 Å². The highest BCUT2D eigenvalue weighted by Crippen LogP contribution is 2.29. The standard InChI is InChI=1S/C18H18Cl3N3O2S/c1-12-6-5-9-14(10-12)22-16(27)23-15(18(19,20)21)24-17(25)26-11-13-7-3-2-4-8-13/h2-10,15H,11H2,1H3,(H,24,25)(H2,22,23,27)/t15-/m1/s1. The number of carbonyl (C=O) groups excluding carboxylic acids is 1. The summed E-state index contributed by atoms with van der Waals surface area (Å²) in [6.45, 7) is 2.04. The Morgan fingerprint density at radius 3 is 2.44 bits per heavy atom. The molecule has 0 saturated heterocycles. The summed E-state index contributed by atoms with van der Waals surface area (Å²) < 4.78 is 3.28. The van der Waals surface area contributed by atoms with Crippen LogP contribution in [0.2, 0.25) is 0 Å². The molecule has 0 aromatic heterocycles. The van der Waals surface area contributed by atoms with Crippen LogP contribution < -0.4 is 16.0 Å². The van der Waals surface area contributed by atoms with Gasteiger partial charge in [0.05, 0.1) is 0 Å². The van der Waals surface area contributed by atoms with Crippen molar-refractivity contribution in [3.63, 3.8) is 0 Å². The average Bonchev–Trinajstić information content (AvgIpc) is 2.59. The predicted octanol–water partition coefficient (Wildman–Crippen LogP) is 4.90. The lowest BCUT2D eigenvalue weighted by Gasteiger charge is -2.27. The molecule has 27 heavy (non-hydrogen) atoms. The number of anilines is 1. The Bertz CT molecular complexity index is 785. The van der Waals surface area contributed by atoms with Crippen molar-refractivity contribution < 1.29 is 9.53 Å². The quantitative estimate of drug-likeness (QED) is 0.346. The lowest BCUT2D eigenvalue weighted by Crippen LogP contribution is -2.56. The van der Waals surface area contributed by atoms with E-state index in [9.17, 15) is 4.79 Å². The zero-order valence-corrected chi connectivity index (χ0v) is 17.4. The first-order chi connectivity index (χ1) is 12.7. The molecular weight excluding hydrogens is 429 g/mol. The second kappa shape index (κ2) is 9.99. The highest BCUT2D eigenvalue weighted by Gasteiger charge is 2.35. The molecule has 144 valence electrons. The number of alkyl carbamates (subject to hydrolysis) is 1. The fraction of sp³-hybridized carbons (Fsp3) is 0.222. The molecule has 5 nitrogen and oxygen atoms in total. The molecule has 1 atom stereocenters. The Hall–Kier alpha value is -1.73. The Labute approximate surface area is 178 Å². The van der Waals surface area contributed by atoms with Crippen LogP contribution in [0.4, 0.5) is 10.5 Å². The first-order valence-electron chi connectivity index (χ1n) is 7.92. The van der Waals surface area contributed by atoms with Gasteiger partial charge < -0.3 is 15.4 Å². The molecule has 3 N–H and O–H groups in total. The fourth-order valence-electron chi connectivity index (χ4n) is 2.10. The fourth-order valence-corrected chi connectivity index (χ4v) is 2.67. The number of amides is 1. The van der Waals surface area contributed by atoms with Gasteiger partial charge in [0.1, 0.15) is 6.61 Å². The number of thiocarbonyl (C=S) groups is 1. The largest absolute Gasteiger partial charge is 0.445 e. The van der Waals surface area contributed by atoms with Crippen molar-refractivity contribution in [2.24, 2.45) is 0 Å². The Kier molecular flexibility index (Phi) is 7.98. The number of rotatable bonds is 5. The van der Waals surface area contributed by atoms with Crippen molar-refractivity contribution in [3.05, 3.63) is 65.7 Å². The molecule has 0 aliphatic carbocycles. The molecule has 0 heterocycles. The van der Waals surface area contributed by atoms with Gasteiger partial charge in [-0.05, 0) is 42.4 Å². The summed E-state index contributed by atoms with van der Waals surface area (Å²) in [5.74, 6) is 0. The van der Waals surface area contributed by atoms with Crippen LogP contribution >= 0.6 is 47.0 Å². The molecule has 0 aliphatic heterocycles. The summed E-state index contributed by atoms with van der Waals surface area (Å²) in [5.41, 5.74) is 2.66. The van der Waals surface area contributed by atoms with Gasteiger partial charge in [0.2, 0.25) is 3.79 Å². The van der Waals surface area contributed by atoms with Crippen LogP contribution in [-0.4, -0.2) is 21.2 Å². The monoisotopic (exact) mass is 445 g/mol. The molecule has 0 fully saturated rings. The first kappa shape index (κ1) is 21.6. The lowest BCUT2D eigenvalue weighted by atomic mass is 10.2. The molecular formula is C18H18Cl3N3O2S. The van der Waals surface area contributed by atoms with Gasteiger partial charge in [-0.3, -0.25) is 5.32 Å². The van der Waals surface area contributed by atoms with E-state index in [1.165, 1.54) is 0 Å². The van der Waals surface area contributed by atoms with Crippen molar-refractivity contribution in [1.82, 2.24) is 10.6 Å². The van der Waals surface area contributed by atoms with Gasteiger partial charge in [-0.2, -0.15) is 0 Å². The molecule has 1 amide bonds. The van der Waals surface area contributed by atoms with Crippen LogP contribution in [0.15, 0.2) is 54.6 Å². The zero-order valence-electron chi connectivity index (χ0n) is 14.3. The van der Waals surface area contributed by atoms with E-state index in [0.29, 0.717) is 0 Å². The molecule has 2 rings (SSSR count). The van der Waals surface area contributed by atoms with E-state index in [4.69, 9.17) is 51.8 Å². The molecule has 0 bridgehead atoms. The molecule has 2 aromatic rings. The highest BCUT2D eigenvalue weighted by atomic mass is 35.6. The van der Waals surface area contributed by atoms with Crippen LogP contribution in [0, 0.1) is 6.92 Å². The average molecular weight is 447 g/mol. The Morgan fingerprint density at radius 2 is 1.81 bits per heavy atom. The van der Waals surface area contributed by atoms with Crippen molar-refractivity contribution in [2.45, 2.75) is 23.5 Å². The second-order valence-electron chi connectivity index (χ2n) is 5.65. The number of ether oxygens (including phenoxy) is 1. The topological polar surface area (TPSA) is 62.4 Å². The van der Waals surface area contributed by atoms with E-state index in [1.54, 1.807) is 0 Å². The van der Waals surface area contributed by atoms with Gasteiger partial charge >= 0.3 is 6.09 Å². The van der Waals surface area contributed by atoms with E-state index < -0.39 is 16.1 Å². The summed E-state index contributed by atoms with van der Waals surface area (Å²) >= 11 is 23.1. The molecule has 0 unspecified atom stereocenters. The van der Waals surface area contributed by atoms with E-state index >= 15 is 0 Å². The maximum atomic E-state index is 12.0. The van der Waals surface area contributed by atoms with Gasteiger partial charge in [-0.25, -0.2) is 4.79 Å². The van der Waals surface area contributed by atoms with Crippen LogP contribution in [0.3, 0.4) is 0 Å². The number of halogens is 3. The van der Waals surface area contributed by atoms with Gasteiger partial charge in [-0.1, -0.05) is 77.3 Å². The summed E-state index contributed by atoms with van der Waals surface area (Å²) in [6, 6.07) is 16.8. The number of nitrogens with one attached hydrogen (secondary N) is 3.